The van der Waals surface area contributed by atoms with E-state index in [0.29, 0.717) is 5.75 Å². The van der Waals surface area contributed by atoms with Gasteiger partial charge < -0.3 is 10.2 Å². The van der Waals surface area contributed by atoms with Gasteiger partial charge in [0.15, 0.2) is 4.34 Å². The zero-order valence-electron chi connectivity index (χ0n) is 15.7. The fourth-order valence-corrected chi connectivity index (χ4v) is 5.86. The molecule has 0 bridgehead atoms. The zero-order chi connectivity index (χ0) is 18.6. The Labute approximate surface area is 168 Å². The summed E-state index contributed by atoms with van der Waals surface area (Å²) in [5.74, 6) is 2.28. The van der Waals surface area contributed by atoms with Crippen molar-refractivity contribution in [2.45, 2.75) is 43.4 Å². The first-order chi connectivity index (χ1) is 13.2. The van der Waals surface area contributed by atoms with Crippen LogP contribution in [0.4, 0.5) is 10.8 Å². The van der Waals surface area contributed by atoms with Gasteiger partial charge in [-0.2, -0.15) is 0 Å². The molecular weight excluding hydrogens is 376 g/mol. The van der Waals surface area contributed by atoms with E-state index in [0.717, 1.165) is 40.1 Å². The summed E-state index contributed by atoms with van der Waals surface area (Å²) in [4.78, 5) is 14.7. The van der Waals surface area contributed by atoms with Crippen LogP contribution in [0, 0.1) is 18.8 Å². The molecule has 1 aliphatic carbocycles. The number of aromatic nitrogens is 2. The second kappa shape index (κ2) is 8.61. The molecule has 1 saturated heterocycles. The summed E-state index contributed by atoms with van der Waals surface area (Å²) in [5, 5.41) is 12.5. The van der Waals surface area contributed by atoms with E-state index in [2.05, 4.69) is 33.4 Å². The number of likely N-dealkylation sites (tertiary alicyclic amines) is 1. The highest BCUT2D eigenvalue weighted by atomic mass is 32.2. The number of nitrogens with zero attached hydrogens (tertiary/aromatic N) is 3. The summed E-state index contributed by atoms with van der Waals surface area (Å²) in [6.45, 7) is 3.95. The molecule has 27 heavy (non-hydrogen) atoms. The zero-order valence-corrected chi connectivity index (χ0v) is 17.3. The van der Waals surface area contributed by atoms with Crippen molar-refractivity contribution in [3.63, 3.8) is 0 Å². The van der Waals surface area contributed by atoms with Crippen molar-refractivity contribution < 1.29 is 4.79 Å². The van der Waals surface area contributed by atoms with E-state index in [1.807, 2.05) is 18.2 Å². The van der Waals surface area contributed by atoms with E-state index in [1.165, 1.54) is 60.8 Å². The van der Waals surface area contributed by atoms with E-state index in [4.69, 9.17) is 0 Å². The third-order valence-corrected chi connectivity index (χ3v) is 7.71. The molecule has 2 fully saturated rings. The Balaban J connectivity index is 1.28. The molecule has 0 radical (unpaired) electrons. The number of carbonyl (C=O) groups is 1. The molecule has 2 aliphatic rings. The maximum atomic E-state index is 12.6. The maximum Gasteiger partial charge on any atom is 0.233 e. The monoisotopic (exact) mass is 402 g/mol. The van der Waals surface area contributed by atoms with Crippen LogP contribution in [0.1, 0.15) is 37.7 Å². The summed E-state index contributed by atoms with van der Waals surface area (Å²) >= 11 is 3.00. The topological polar surface area (TPSA) is 58.1 Å². The lowest BCUT2D eigenvalue weighted by Gasteiger charge is -2.41. The number of hydrogen-bond acceptors (Lipinski definition) is 6. The Morgan fingerprint density at radius 1 is 1.22 bits per heavy atom. The molecule has 4 rings (SSSR count). The minimum absolute atomic E-state index is 0.243. The average molecular weight is 403 g/mol. The van der Waals surface area contributed by atoms with Gasteiger partial charge >= 0.3 is 0 Å². The van der Waals surface area contributed by atoms with Crippen LogP contribution < -0.4 is 5.32 Å². The van der Waals surface area contributed by atoms with Gasteiger partial charge in [0.1, 0.15) is 0 Å². The third kappa shape index (κ3) is 4.63. The van der Waals surface area contributed by atoms with Gasteiger partial charge in [-0.15, -0.1) is 10.2 Å². The van der Waals surface area contributed by atoms with Gasteiger partial charge in [-0.25, -0.2) is 0 Å². The SMILES string of the molecule is Cc1ccccc1Nc1nnc(SCC(=O)N2CC[C@H]3CCCC[C@@H]3C2)s1. The number of benzene rings is 1. The van der Waals surface area contributed by atoms with Gasteiger partial charge in [-0.3, -0.25) is 4.79 Å². The molecule has 1 amide bonds. The van der Waals surface area contributed by atoms with E-state index < -0.39 is 0 Å². The number of thioether (sulfide) groups is 1. The molecular formula is C20H26N4OS2. The highest BCUT2D eigenvalue weighted by Crippen LogP contribution is 2.36. The first kappa shape index (κ1) is 18.7. The van der Waals surface area contributed by atoms with Crippen molar-refractivity contribution in [1.29, 1.82) is 0 Å². The standard InChI is InChI=1S/C20H26N4OS2/c1-14-6-2-5-9-17(14)21-19-22-23-20(27-19)26-13-18(25)24-11-10-15-7-3-4-8-16(15)12-24/h2,5-6,9,15-16H,3-4,7-8,10-13H2,1H3,(H,21,22)/t15-,16-/m1/s1. The van der Waals surface area contributed by atoms with Crippen LogP contribution in [0.15, 0.2) is 28.6 Å². The smallest absolute Gasteiger partial charge is 0.233 e. The predicted octanol–water partition coefficient (Wildman–Crippen LogP) is 4.72. The first-order valence-corrected chi connectivity index (χ1v) is 11.6. The Morgan fingerprint density at radius 3 is 2.89 bits per heavy atom. The molecule has 2 heterocycles. The molecule has 2 aromatic rings. The lowest BCUT2D eigenvalue weighted by molar-refractivity contribution is -0.131. The van der Waals surface area contributed by atoms with Crippen LogP contribution in [0.3, 0.4) is 0 Å². The summed E-state index contributed by atoms with van der Waals surface area (Å²) in [7, 11) is 0. The van der Waals surface area contributed by atoms with Crippen molar-refractivity contribution >= 4 is 39.8 Å². The number of para-hydroxylation sites is 1. The van der Waals surface area contributed by atoms with Crippen LogP contribution in [0.25, 0.3) is 0 Å². The number of aryl methyl sites for hydroxylation is 1. The molecule has 1 aliphatic heterocycles. The first-order valence-electron chi connectivity index (χ1n) is 9.76. The number of piperidine rings is 1. The fourth-order valence-electron chi connectivity index (χ4n) is 4.19. The number of hydrogen-bond donors (Lipinski definition) is 1. The van der Waals surface area contributed by atoms with Crippen molar-refractivity contribution in [3.8, 4) is 0 Å². The summed E-state index contributed by atoms with van der Waals surface area (Å²) < 4.78 is 0.840. The number of carbonyl (C=O) groups excluding carboxylic acids is 1. The molecule has 1 saturated carbocycles. The molecule has 2 atom stereocenters. The van der Waals surface area contributed by atoms with Gasteiger partial charge in [-0.1, -0.05) is 60.6 Å². The highest BCUT2D eigenvalue weighted by Gasteiger charge is 2.32. The second-order valence-electron chi connectivity index (χ2n) is 7.53. The van der Waals surface area contributed by atoms with Gasteiger partial charge in [0.25, 0.3) is 0 Å². The number of fused-ring (bicyclic) bond motifs is 1. The largest absolute Gasteiger partial charge is 0.342 e. The number of amides is 1. The average Bonchev–Trinajstić information content (AvgIpc) is 3.15. The van der Waals surface area contributed by atoms with Crippen LogP contribution in [-0.2, 0) is 4.79 Å². The number of rotatable bonds is 5. The van der Waals surface area contributed by atoms with Crippen LogP contribution in [-0.4, -0.2) is 39.8 Å². The highest BCUT2D eigenvalue weighted by molar-refractivity contribution is 8.01. The molecule has 0 unspecified atom stereocenters. The van der Waals surface area contributed by atoms with Gasteiger partial charge in [-0.05, 0) is 43.2 Å². The molecule has 0 spiro atoms. The number of nitrogens with one attached hydrogen (secondary N) is 1. The van der Waals surface area contributed by atoms with E-state index >= 15 is 0 Å². The molecule has 7 heteroatoms. The summed E-state index contributed by atoms with van der Waals surface area (Å²) in [6.07, 6.45) is 6.56. The quantitative estimate of drug-likeness (QED) is 0.733. The van der Waals surface area contributed by atoms with Gasteiger partial charge in [0, 0.05) is 18.8 Å². The second-order valence-corrected chi connectivity index (χ2v) is 9.73. The summed E-state index contributed by atoms with van der Waals surface area (Å²) in [6, 6.07) is 8.11. The molecule has 144 valence electrons. The van der Waals surface area contributed by atoms with Gasteiger partial charge in [0.05, 0.1) is 5.75 Å². The Hall–Kier alpha value is -1.60. The Kier molecular flexibility index (Phi) is 5.98. The number of anilines is 2. The Bertz CT molecular complexity index is 794. The molecule has 1 aromatic carbocycles. The predicted molar refractivity (Wildman–Crippen MR) is 112 cm³/mol. The van der Waals surface area contributed by atoms with E-state index in [1.54, 1.807) is 0 Å². The van der Waals surface area contributed by atoms with Crippen molar-refractivity contribution in [1.82, 2.24) is 15.1 Å². The molecule has 5 nitrogen and oxygen atoms in total. The maximum absolute atomic E-state index is 12.6. The van der Waals surface area contributed by atoms with Crippen molar-refractivity contribution in [2.24, 2.45) is 11.8 Å². The Morgan fingerprint density at radius 2 is 2.04 bits per heavy atom. The van der Waals surface area contributed by atoms with Crippen LogP contribution >= 0.6 is 23.1 Å². The van der Waals surface area contributed by atoms with Crippen molar-refractivity contribution in [2.75, 3.05) is 24.2 Å². The molecule has 1 aromatic heterocycles. The van der Waals surface area contributed by atoms with E-state index in [-0.39, 0.29) is 5.91 Å². The lowest BCUT2D eigenvalue weighted by Crippen LogP contribution is -2.45. The van der Waals surface area contributed by atoms with Gasteiger partial charge in [0.2, 0.25) is 11.0 Å². The minimum atomic E-state index is 0.243. The van der Waals surface area contributed by atoms with Crippen LogP contribution in [0.2, 0.25) is 0 Å². The van der Waals surface area contributed by atoms with E-state index in [9.17, 15) is 4.79 Å². The third-order valence-electron chi connectivity index (χ3n) is 5.76. The lowest BCUT2D eigenvalue weighted by atomic mass is 9.75. The van der Waals surface area contributed by atoms with Crippen LogP contribution in [0.5, 0.6) is 0 Å². The fraction of sp³-hybridized carbons (Fsp3) is 0.550. The molecule has 1 N–H and O–H groups in total. The van der Waals surface area contributed by atoms with Crippen molar-refractivity contribution in [3.05, 3.63) is 29.8 Å². The summed E-state index contributed by atoms with van der Waals surface area (Å²) in [5.41, 5.74) is 2.21. The normalized spacial score (nSPS) is 22.3. The minimum Gasteiger partial charge on any atom is -0.342 e.